The van der Waals surface area contributed by atoms with E-state index >= 15 is 0 Å². The number of nitrogens with zero attached hydrogens (tertiary/aromatic N) is 1. The molecule has 1 heterocycles. The third-order valence-electron chi connectivity index (χ3n) is 3.07. The smallest absolute Gasteiger partial charge is 0.326 e. The van der Waals surface area contributed by atoms with E-state index in [1.165, 1.54) is 4.90 Å². The average Bonchev–Trinajstić information content (AvgIpc) is 2.58. The van der Waals surface area contributed by atoms with E-state index < -0.39 is 12.7 Å². The third kappa shape index (κ3) is 3.20. The number of benzene rings is 1. The molecular formula is C12H15F3N2. The summed E-state index contributed by atoms with van der Waals surface area (Å²) in [5.74, 6) is -0.00134. The van der Waals surface area contributed by atoms with Crippen molar-refractivity contribution in [1.82, 2.24) is 4.90 Å². The first-order valence-electron chi connectivity index (χ1n) is 5.55. The maximum absolute atomic E-state index is 12.3. The second-order valence-electron chi connectivity index (χ2n) is 4.49. The van der Waals surface area contributed by atoms with E-state index in [2.05, 4.69) is 0 Å². The van der Waals surface area contributed by atoms with E-state index in [1.807, 2.05) is 30.3 Å². The van der Waals surface area contributed by atoms with Gasteiger partial charge in [-0.25, -0.2) is 0 Å². The van der Waals surface area contributed by atoms with Gasteiger partial charge in [0, 0.05) is 25.0 Å². The summed E-state index contributed by atoms with van der Waals surface area (Å²) in [6.45, 7) is -0.187. The summed E-state index contributed by atoms with van der Waals surface area (Å²) < 4.78 is 36.8. The predicted octanol–water partition coefficient (Wildman–Crippen LogP) is 1.98. The van der Waals surface area contributed by atoms with Gasteiger partial charge in [-0.15, -0.1) is 0 Å². The number of nitrogens with two attached hydrogens (primary N) is 1. The second kappa shape index (κ2) is 4.66. The quantitative estimate of drug-likeness (QED) is 0.862. The lowest BCUT2D eigenvalue weighted by Gasteiger charge is -2.17. The molecule has 0 bridgehead atoms. The highest BCUT2D eigenvalue weighted by atomic mass is 19.4. The lowest BCUT2D eigenvalue weighted by molar-refractivity contribution is -0.143. The lowest BCUT2D eigenvalue weighted by Crippen LogP contribution is -2.34. The van der Waals surface area contributed by atoms with Gasteiger partial charge in [-0.05, 0) is 5.56 Å². The number of rotatable bonds is 2. The number of likely N-dealkylation sites (tertiary alicyclic amines) is 1. The van der Waals surface area contributed by atoms with Crippen molar-refractivity contribution in [2.45, 2.75) is 18.1 Å². The van der Waals surface area contributed by atoms with Crippen molar-refractivity contribution in [3.05, 3.63) is 35.9 Å². The minimum atomic E-state index is -4.15. The van der Waals surface area contributed by atoms with E-state index in [0.717, 1.165) is 5.56 Å². The summed E-state index contributed by atoms with van der Waals surface area (Å²) in [6.07, 6.45) is -4.15. The number of alkyl halides is 3. The number of hydrogen-bond donors (Lipinski definition) is 1. The summed E-state index contributed by atoms with van der Waals surface area (Å²) in [7, 11) is 0. The molecule has 2 unspecified atom stereocenters. The van der Waals surface area contributed by atoms with Crippen LogP contribution in [0.25, 0.3) is 0 Å². The van der Waals surface area contributed by atoms with Crippen molar-refractivity contribution in [1.29, 1.82) is 0 Å². The zero-order valence-electron chi connectivity index (χ0n) is 9.32. The molecule has 1 aromatic rings. The van der Waals surface area contributed by atoms with Crippen LogP contribution in [0, 0.1) is 0 Å². The normalized spacial score (nSPS) is 26.4. The van der Waals surface area contributed by atoms with Crippen LogP contribution in [0.2, 0.25) is 0 Å². The average molecular weight is 244 g/mol. The van der Waals surface area contributed by atoms with Crippen molar-refractivity contribution in [3.63, 3.8) is 0 Å². The van der Waals surface area contributed by atoms with Gasteiger partial charge in [-0.3, -0.25) is 4.90 Å². The summed E-state index contributed by atoms with van der Waals surface area (Å²) in [5.41, 5.74) is 6.93. The minimum absolute atomic E-state index is 0.00134. The fourth-order valence-electron chi connectivity index (χ4n) is 2.35. The zero-order valence-corrected chi connectivity index (χ0v) is 9.32. The first-order valence-corrected chi connectivity index (χ1v) is 5.55. The number of hydrogen-bond acceptors (Lipinski definition) is 2. The molecule has 0 spiro atoms. The minimum Gasteiger partial charge on any atom is -0.326 e. The fourth-order valence-corrected chi connectivity index (χ4v) is 2.35. The third-order valence-corrected chi connectivity index (χ3v) is 3.07. The Kier molecular flexibility index (Phi) is 3.40. The Labute approximate surface area is 98.2 Å². The van der Waals surface area contributed by atoms with E-state index in [4.69, 9.17) is 5.73 Å². The highest BCUT2D eigenvalue weighted by Gasteiger charge is 2.37. The van der Waals surface area contributed by atoms with E-state index in [9.17, 15) is 13.2 Å². The molecule has 0 aromatic heterocycles. The van der Waals surface area contributed by atoms with Crippen LogP contribution in [0.15, 0.2) is 30.3 Å². The molecule has 0 amide bonds. The van der Waals surface area contributed by atoms with Gasteiger partial charge in [0.05, 0.1) is 6.54 Å². The van der Waals surface area contributed by atoms with Gasteiger partial charge in [0.1, 0.15) is 0 Å². The van der Waals surface area contributed by atoms with E-state index in [0.29, 0.717) is 13.1 Å². The summed E-state index contributed by atoms with van der Waals surface area (Å²) in [6, 6.07) is 9.27. The highest BCUT2D eigenvalue weighted by molar-refractivity contribution is 5.23. The zero-order chi connectivity index (χ0) is 12.5. The van der Waals surface area contributed by atoms with Gasteiger partial charge in [-0.2, -0.15) is 13.2 Å². The van der Waals surface area contributed by atoms with Gasteiger partial charge < -0.3 is 5.73 Å². The highest BCUT2D eigenvalue weighted by Crippen LogP contribution is 2.28. The van der Waals surface area contributed by atoms with Crippen molar-refractivity contribution >= 4 is 0 Å². The Morgan fingerprint density at radius 2 is 1.82 bits per heavy atom. The Hall–Kier alpha value is -1.07. The second-order valence-corrected chi connectivity index (χ2v) is 4.49. The van der Waals surface area contributed by atoms with Crippen LogP contribution in [0.5, 0.6) is 0 Å². The maximum atomic E-state index is 12.3. The standard InChI is InChI=1S/C12H15F3N2/c13-12(14,15)8-17-6-10(11(16)7-17)9-4-2-1-3-5-9/h1-5,10-11H,6-8,16H2. The topological polar surface area (TPSA) is 29.3 Å². The summed E-state index contributed by atoms with van der Waals surface area (Å²) in [4.78, 5) is 1.38. The molecule has 2 atom stereocenters. The van der Waals surface area contributed by atoms with Gasteiger partial charge in [0.25, 0.3) is 0 Å². The monoisotopic (exact) mass is 244 g/mol. The molecule has 0 radical (unpaired) electrons. The Bertz CT molecular complexity index is 364. The molecule has 0 aliphatic carbocycles. The molecule has 17 heavy (non-hydrogen) atoms. The molecule has 1 aliphatic rings. The van der Waals surface area contributed by atoms with Gasteiger partial charge in [0.2, 0.25) is 0 Å². The van der Waals surface area contributed by atoms with Crippen LogP contribution in [-0.4, -0.2) is 36.8 Å². The molecule has 0 saturated carbocycles. The molecule has 2 rings (SSSR count). The first-order chi connectivity index (χ1) is 7.96. The maximum Gasteiger partial charge on any atom is 0.401 e. The van der Waals surface area contributed by atoms with Crippen molar-refractivity contribution in [2.24, 2.45) is 5.73 Å². The van der Waals surface area contributed by atoms with Gasteiger partial charge in [-0.1, -0.05) is 30.3 Å². The molecular weight excluding hydrogens is 229 g/mol. The Morgan fingerprint density at radius 1 is 1.18 bits per heavy atom. The molecule has 2 N–H and O–H groups in total. The van der Waals surface area contributed by atoms with E-state index in [-0.39, 0.29) is 12.0 Å². The molecule has 1 aliphatic heterocycles. The molecule has 1 saturated heterocycles. The van der Waals surface area contributed by atoms with Crippen LogP contribution in [0.4, 0.5) is 13.2 Å². The molecule has 2 nitrogen and oxygen atoms in total. The fraction of sp³-hybridized carbons (Fsp3) is 0.500. The SMILES string of the molecule is NC1CN(CC(F)(F)F)CC1c1ccccc1. The first kappa shape index (κ1) is 12.4. The van der Waals surface area contributed by atoms with Crippen LogP contribution >= 0.6 is 0 Å². The predicted molar refractivity (Wildman–Crippen MR) is 59.7 cm³/mol. The van der Waals surface area contributed by atoms with Crippen LogP contribution in [0.1, 0.15) is 11.5 Å². The Balaban J connectivity index is 2.03. The molecule has 1 fully saturated rings. The van der Waals surface area contributed by atoms with E-state index in [1.54, 1.807) is 0 Å². The number of halogens is 3. The summed E-state index contributed by atoms with van der Waals surface area (Å²) >= 11 is 0. The molecule has 5 heteroatoms. The van der Waals surface area contributed by atoms with Crippen LogP contribution < -0.4 is 5.73 Å². The largest absolute Gasteiger partial charge is 0.401 e. The van der Waals surface area contributed by atoms with Crippen LogP contribution in [-0.2, 0) is 0 Å². The molecule has 1 aromatic carbocycles. The van der Waals surface area contributed by atoms with Crippen LogP contribution in [0.3, 0.4) is 0 Å². The van der Waals surface area contributed by atoms with Gasteiger partial charge >= 0.3 is 6.18 Å². The van der Waals surface area contributed by atoms with Crippen molar-refractivity contribution in [2.75, 3.05) is 19.6 Å². The van der Waals surface area contributed by atoms with Crippen molar-refractivity contribution < 1.29 is 13.2 Å². The van der Waals surface area contributed by atoms with Gasteiger partial charge in [0.15, 0.2) is 0 Å². The van der Waals surface area contributed by atoms with Crippen molar-refractivity contribution in [3.8, 4) is 0 Å². The molecule has 94 valence electrons. The Morgan fingerprint density at radius 3 is 2.41 bits per heavy atom. The lowest BCUT2D eigenvalue weighted by atomic mass is 9.95. The summed E-state index contributed by atoms with van der Waals surface area (Å²) in [5, 5.41) is 0.